The SMILES string of the molecule is c1ccc(-c2ccc(N(c3ccc4c(c3)-c3ccccc3C43C4CCC5CC(C4)CC3C5)c3ccc4c(c3)C3(CCCCC3)c3ccccc3-4)cc2)cc1. The highest BCUT2D eigenvalue weighted by molar-refractivity contribution is 5.90. The second-order valence-electron chi connectivity index (χ2n) is 18.0. The van der Waals surface area contributed by atoms with Crippen LogP contribution in [0.2, 0.25) is 0 Å². The molecular weight excluding hydrogens is 651 g/mol. The van der Waals surface area contributed by atoms with E-state index in [0.717, 1.165) is 23.7 Å². The summed E-state index contributed by atoms with van der Waals surface area (Å²) in [4.78, 5) is 2.57. The molecule has 6 aromatic carbocycles. The van der Waals surface area contributed by atoms with Gasteiger partial charge in [0.1, 0.15) is 0 Å². The van der Waals surface area contributed by atoms with Crippen LogP contribution in [-0.4, -0.2) is 0 Å². The summed E-state index contributed by atoms with van der Waals surface area (Å²) in [6, 6.07) is 54.2. The van der Waals surface area contributed by atoms with Crippen molar-refractivity contribution >= 4 is 17.1 Å². The van der Waals surface area contributed by atoms with E-state index in [1.54, 1.807) is 22.3 Å². The first kappa shape index (κ1) is 31.5. The van der Waals surface area contributed by atoms with Crippen LogP contribution < -0.4 is 4.90 Å². The predicted octanol–water partition coefficient (Wildman–Crippen LogP) is 14.2. The fraction of sp³-hybridized carbons (Fsp3) is 0.321. The number of rotatable bonds is 4. The molecule has 0 N–H and O–H groups in total. The Morgan fingerprint density at radius 3 is 1.85 bits per heavy atom. The molecule has 0 aromatic heterocycles. The van der Waals surface area contributed by atoms with E-state index >= 15 is 0 Å². The molecular formula is C53H49N. The monoisotopic (exact) mass is 699 g/mol. The van der Waals surface area contributed by atoms with Crippen molar-refractivity contribution in [2.24, 2.45) is 23.7 Å². The van der Waals surface area contributed by atoms with Crippen molar-refractivity contribution in [3.8, 4) is 33.4 Å². The maximum atomic E-state index is 2.60. The number of benzene rings is 6. The molecule has 5 saturated carbocycles. The van der Waals surface area contributed by atoms with Crippen LogP contribution in [0, 0.1) is 23.7 Å². The van der Waals surface area contributed by atoms with Gasteiger partial charge in [0.15, 0.2) is 0 Å². The normalized spacial score (nSPS) is 26.3. The zero-order valence-corrected chi connectivity index (χ0v) is 31.3. The van der Waals surface area contributed by atoms with Crippen LogP contribution in [0.5, 0.6) is 0 Å². The molecule has 7 aliphatic carbocycles. The quantitative estimate of drug-likeness (QED) is 0.177. The Hall–Kier alpha value is -4.88. The molecule has 1 nitrogen and oxygen atoms in total. The molecule has 0 aliphatic heterocycles. The summed E-state index contributed by atoms with van der Waals surface area (Å²) in [7, 11) is 0. The summed E-state index contributed by atoms with van der Waals surface area (Å²) >= 11 is 0. The number of nitrogens with zero attached hydrogens (tertiary/aromatic N) is 1. The number of fused-ring (bicyclic) bond motifs is 9. The maximum absolute atomic E-state index is 2.60. The van der Waals surface area contributed by atoms with Crippen LogP contribution in [0.15, 0.2) is 140 Å². The molecule has 4 bridgehead atoms. The number of hydrogen-bond donors (Lipinski definition) is 0. The summed E-state index contributed by atoms with van der Waals surface area (Å²) in [6.07, 6.45) is 15.0. The molecule has 2 spiro atoms. The lowest BCUT2D eigenvalue weighted by molar-refractivity contribution is 0.0618. The largest absolute Gasteiger partial charge is 0.310 e. The van der Waals surface area contributed by atoms with Crippen molar-refractivity contribution in [2.45, 2.75) is 81.5 Å². The average molecular weight is 700 g/mol. The lowest BCUT2D eigenvalue weighted by atomic mass is 9.51. The Morgan fingerprint density at radius 1 is 0.407 bits per heavy atom. The van der Waals surface area contributed by atoms with Gasteiger partial charge < -0.3 is 4.90 Å². The maximum Gasteiger partial charge on any atom is 0.0468 e. The summed E-state index contributed by atoms with van der Waals surface area (Å²) in [6.45, 7) is 0. The lowest BCUT2D eigenvalue weighted by Gasteiger charge is -2.53. The van der Waals surface area contributed by atoms with Crippen LogP contribution >= 0.6 is 0 Å². The Labute approximate surface area is 321 Å². The molecule has 0 saturated heterocycles. The molecule has 1 heteroatoms. The van der Waals surface area contributed by atoms with E-state index in [0.29, 0.717) is 0 Å². The van der Waals surface area contributed by atoms with Crippen molar-refractivity contribution < 1.29 is 0 Å². The third-order valence-electron chi connectivity index (χ3n) is 15.6. The van der Waals surface area contributed by atoms with E-state index in [2.05, 4.69) is 144 Å². The molecule has 0 amide bonds. The molecule has 6 aromatic rings. The number of hydrogen-bond acceptors (Lipinski definition) is 1. The van der Waals surface area contributed by atoms with Crippen molar-refractivity contribution in [3.63, 3.8) is 0 Å². The minimum Gasteiger partial charge on any atom is -0.310 e. The standard InChI is InChI=1S/C53H49N/c1-3-11-37(12-4-1)38-18-21-41(22-19-38)54(43-23-25-46-44-13-5-7-15-48(44)52(51(46)34-43)27-9-2-10-28-52)42-24-26-50-47(33-42)45-14-6-8-16-49(45)53(50)39-20-17-35-29-36(31-39)32-40(53)30-35/h1,3-8,11-16,18-19,21-26,33-36,39-40H,2,9-10,17,20,27-32H2. The zero-order chi connectivity index (χ0) is 35.4. The molecule has 54 heavy (non-hydrogen) atoms. The molecule has 0 radical (unpaired) electrons. The van der Waals surface area contributed by atoms with Gasteiger partial charge in [0.25, 0.3) is 0 Å². The Balaban J connectivity index is 1.04. The summed E-state index contributed by atoms with van der Waals surface area (Å²) in [5, 5.41) is 0. The number of anilines is 3. The predicted molar refractivity (Wildman–Crippen MR) is 224 cm³/mol. The molecule has 5 unspecified atom stereocenters. The fourth-order valence-electron chi connectivity index (χ4n) is 13.6. The minimum absolute atomic E-state index is 0.115. The van der Waals surface area contributed by atoms with Gasteiger partial charge in [0, 0.05) is 27.9 Å². The van der Waals surface area contributed by atoms with Gasteiger partial charge in [0.05, 0.1) is 0 Å². The van der Waals surface area contributed by atoms with E-state index in [9.17, 15) is 0 Å². The second-order valence-corrected chi connectivity index (χ2v) is 18.0. The summed E-state index contributed by atoms with van der Waals surface area (Å²) in [5.74, 6) is 3.40. The van der Waals surface area contributed by atoms with Crippen LogP contribution in [-0.2, 0) is 10.8 Å². The Kier molecular flexibility index (Phi) is 6.88. The molecule has 7 aliphatic rings. The van der Waals surface area contributed by atoms with Gasteiger partial charge in [-0.3, -0.25) is 0 Å². The van der Waals surface area contributed by atoms with E-state index in [-0.39, 0.29) is 10.8 Å². The van der Waals surface area contributed by atoms with Gasteiger partial charge in [-0.05, 0) is 161 Å². The first-order chi connectivity index (χ1) is 26.7. The first-order valence-corrected chi connectivity index (χ1v) is 21.2. The lowest BCUT2D eigenvalue weighted by Crippen LogP contribution is -2.48. The van der Waals surface area contributed by atoms with Gasteiger partial charge in [-0.2, -0.15) is 0 Å². The topological polar surface area (TPSA) is 3.24 Å². The minimum atomic E-state index is 0.115. The summed E-state index contributed by atoms with van der Waals surface area (Å²) in [5.41, 5.74) is 18.8. The van der Waals surface area contributed by atoms with Crippen molar-refractivity contribution in [1.29, 1.82) is 0 Å². The van der Waals surface area contributed by atoms with Gasteiger partial charge in [-0.25, -0.2) is 0 Å². The van der Waals surface area contributed by atoms with Crippen molar-refractivity contribution in [3.05, 3.63) is 162 Å². The van der Waals surface area contributed by atoms with Gasteiger partial charge in [-0.1, -0.05) is 129 Å². The third-order valence-corrected chi connectivity index (χ3v) is 15.6. The molecule has 266 valence electrons. The molecule has 0 heterocycles. The second kappa shape index (κ2) is 11.8. The van der Waals surface area contributed by atoms with E-state index in [4.69, 9.17) is 0 Å². The fourth-order valence-corrected chi connectivity index (χ4v) is 13.6. The highest BCUT2D eigenvalue weighted by Gasteiger charge is 2.59. The van der Waals surface area contributed by atoms with Crippen LogP contribution in [0.25, 0.3) is 33.4 Å². The van der Waals surface area contributed by atoms with E-state index in [1.165, 1.54) is 121 Å². The average Bonchev–Trinajstić information content (AvgIpc) is 3.55. The van der Waals surface area contributed by atoms with Crippen LogP contribution in [0.4, 0.5) is 17.1 Å². The van der Waals surface area contributed by atoms with Crippen molar-refractivity contribution in [2.75, 3.05) is 4.90 Å². The van der Waals surface area contributed by atoms with Crippen LogP contribution in [0.3, 0.4) is 0 Å². The van der Waals surface area contributed by atoms with Gasteiger partial charge in [-0.15, -0.1) is 0 Å². The zero-order valence-electron chi connectivity index (χ0n) is 31.3. The van der Waals surface area contributed by atoms with Crippen molar-refractivity contribution in [1.82, 2.24) is 0 Å². The van der Waals surface area contributed by atoms with E-state index in [1.807, 2.05) is 0 Å². The van der Waals surface area contributed by atoms with Gasteiger partial charge >= 0.3 is 0 Å². The highest BCUT2D eigenvalue weighted by Crippen LogP contribution is 2.68. The molecule has 13 rings (SSSR count). The molecule has 5 atom stereocenters. The Morgan fingerprint density at radius 2 is 1.02 bits per heavy atom. The van der Waals surface area contributed by atoms with Gasteiger partial charge in [0.2, 0.25) is 0 Å². The smallest absolute Gasteiger partial charge is 0.0468 e. The van der Waals surface area contributed by atoms with Crippen LogP contribution in [0.1, 0.15) is 92.9 Å². The first-order valence-electron chi connectivity index (χ1n) is 21.2. The third kappa shape index (κ3) is 4.33. The highest BCUT2D eigenvalue weighted by atomic mass is 15.1. The molecule has 5 fully saturated rings. The van der Waals surface area contributed by atoms with E-state index < -0.39 is 0 Å². The summed E-state index contributed by atoms with van der Waals surface area (Å²) < 4.78 is 0. The Bertz CT molecular complexity index is 2400.